The third kappa shape index (κ3) is 4.94. The number of hydrogen-bond acceptors (Lipinski definition) is 2. The Balaban J connectivity index is 1.85. The fourth-order valence-corrected chi connectivity index (χ4v) is 2.92. The Hall–Kier alpha value is -1.74. The zero-order valence-electron chi connectivity index (χ0n) is 12.5. The fourth-order valence-electron chi connectivity index (χ4n) is 2.14. The van der Waals surface area contributed by atoms with E-state index in [-0.39, 0.29) is 5.91 Å². The van der Waals surface area contributed by atoms with Gasteiger partial charge in [-0.25, -0.2) is 0 Å². The zero-order valence-corrected chi connectivity index (χ0v) is 13.3. The van der Waals surface area contributed by atoms with Crippen LogP contribution >= 0.6 is 11.8 Å². The van der Waals surface area contributed by atoms with Crippen LogP contribution in [0.25, 0.3) is 0 Å². The van der Waals surface area contributed by atoms with Crippen molar-refractivity contribution >= 4 is 23.4 Å². The largest absolute Gasteiger partial charge is 0.325 e. The van der Waals surface area contributed by atoms with Gasteiger partial charge in [0.1, 0.15) is 0 Å². The SMILES string of the molecule is CC(C)c1ccccc1NC(=O)CSCc1ccccc1. The van der Waals surface area contributed by atoms with Crippen LogP contribution in [0.3, 0.4) is 0 Å². The van der Waals surface area contributed by atoms with Crippen molar-refractivity contribution in [1.29, 1.82) is 0 Å². The third-order valence-electron chi connectivity index (χ3n) is 3.20. The summed E-state index contributed by atoms with van der Waals surface area (Å²) in [5.41, 5.74) is 3.36. The first-order chi connectivity index (χ1) is 10.2. The lowest BCUT2D eigenvalue weighted by Crippen LogP contribution is -2.15. The van der Waals surface area contributed by atoms with Crippen molar-refractivity contribution < 1.29 is 4.79 Å². The van der Waals surface area contributed by atoms with Crippen LogP contribution in [0, 0.1) is 0 Å². The van der Waals surface area contributed by atoms with E-state index < -0.39 is 0 Å². The van der Waals surface area contributed by atoms with Gasteiger partial charge in [-0.1, -0.05) is 62.4 Å². The quantitative estimate of drug-likeness (QED) is 0.839. The molecule has 0 fully saturated rings. The van der Waals surface area contributed by atoms with E-state index in [9.17, 15) is 4.79 Å². The van der Waals surface area contributed by atoms with E-state index >= 15 is 0 Å². The van der Waals surface area contributed by atoms with Crippen LogP contribution in [0.2, 0.25) is 0 Å². The highest BCUT2D eigenvalue weighted by atomic mass is 32.2. The van der Waals surface area contributed by atoms with Gasteiger partial charge >= 0.3 is 0 Å². The van der Waals surface area contributed by atoms with Gasteiger partial charge < -0.3 is 5.32 Å². The zero-order chi connectivity index (χ0) is 15.1. The summed E-state index contributed by atoms with van der Waals surface area (Å²) in [6.07, 6.45) is 0. The summed E-state index contributed by atoms with van der Waals surface area (Å²) >= 11 is 1.64. The van der Waals surface area contributed by atoms with Gasteiger partial charge in [-0.15, -0.1) is 11.8 Å². The maximum Gasteiger partial charge on any atom is 0.234 e. The van der Waals surface area contributed by atoms with Crippen LogP contribution in [0.5, 0.6) is 0 Å². The Morgan fingerprint density at radius 1 is 1.05 bits per heavy atom. The molecule has 0 aliphatic carbocycles. The highest BCUT2D eigenvalue weighted by Gasteiger charge is 2.09. The Kier molecular flexibility index (Phi) is 5.88. The minimum atomic E-state index is 0.0593. The van der Waals surface area contributed by atoms with Gasteiger partial charge in [-0.3, -0.25) is 4.79 Å². The van der Waals surface area contributed by atoms with Crippen LogP contribution in [0.4, 0.5) is 5.69 Å². The molecule has 2 aromatic rings. The van der Waals surface area contributed by atoms with E-state index in [1.165, 1.54) is 11.1 Å². The molecule has 2 rings (SSSR count). The number of anilines is 1. The standard InChI is InChI=1S/C18H21NOS/c1-14(2)16-10-6-7-11-17(16)19-18(20)13-21-12-15-8-4-3-5-9-15/h3-11,14H,12-13H2,1-2H3,(H,19,20). The molecule has 21 heavy (non-hydrogen) atoms. The number of carbonyl (C=O) groups excluding carboxylic acids is 1. The van der Waals surface area contributed by atoms with Crippen molar-refractivity contribution in [1.82, 2.24) is 0 Å². The lowest BCUT2D eigenvalue weighted by atomic mass is 10.0. The number of hydrogen-bond donors (Lipinski definition) is 1. The molecule has 1 amide bonds. The van der Waals surface area contributed by atoms with Crippen molar-refractivity contribution in [2.45, 2.75) is 25.5 Å². The van der Waals surface area contributed by atoms with Crippen molar-refractivity contribution in [2.75, 3.05) is 11.1 Å². The molecule has 0 heterocycles. The summed E-state index contributed by atoms with van der Waals surface area (Å²) in [5, 5.41) is 3.02. The normalized spacial score (nSPS) is 10.6. The van der Waals surface area contributed by atoms with E-state index in [1.54, 1.807) is 11.8 Å². The van der Waals surface area contributed by atoms with Crippen LogP contribution in [-0.2, 0) is 10.5 Å². The first-order valence-corrected chi connectivity index (χ1v) is 8.32. The minimum absolute atomic E-state index is 0.0593. The van der Waals surface area contributed by atoms with Gasteiger partial charge in [0, 0.05) is 11.4 Å². The van der Waals surface area contributed by atoms with Crippen LogP contribution in [0.15, 0.2) is 54.6 Å². The maximum absolute atomic E-state index is 12.0. The Bertz CT molecular complexity index is 581. The van der Waals surface area contributed by atoms with Crippen molar-refractivity contribution in [3.8, 4) is 0 Å². The number of rotatable bonds is 6. The van der Waals surface area contributed by atoms with Crippen molar-refractivity contribution in [3.05, 3.63) is 65.7 Å². The monoisotopic (exact) mass is 299 g/mol. The first kappa shape index (κ1) is 15.6. The summed E-state index contributed by atoms with van der Waals surface area (Å²) in [6, 6.07) is 18.2. The van der Waals surface area contributed by atoms with E-state index in [0.717, 1.165) is 11.4 Å². The molecule has 0 aliphatic rings. The lowest BCUT2D eigenvalue weighted by molar-refractivity contribution is -0.113. The molecule has 0 bridgehead atoms. The summed E-state index contributed by atoms with van der Waals surface area (Å²) in [5.74, 6) is 1.80. The molecule has 1 N–H and O–H groups in total. The average Bonchev–Trinajstić information content (AvgIpc) is 2.48. The van der Waals surface area contributed by atoms with Gasteiger partial charge in [-0.2, -0.15) is 0 Å². The number of carbonyl (C=O) groups is 1. The number of nitrogens with one attached hydrogen (secondary N) is 1. The highest BCUT2D eigenvalue weighted by molar-refractivity contribution is 7.99. The predicted molar refractivity (Wildman–Crippen MR) is 91.8 cm³/mol. The molecular weight excluding hydrogens is 278 g/mol. The average molecular weight is 299 g/mol. The van der Waals surface area contributed by atoms with Crippen LogP contribution < -0.4 is 5.32 Å². The molecule has 2 nitrogen and oxygen atoms in total. The third-order valence-corrected chi connectivity index (χ3v) is 4.21. The van der Waals surface area contributed by atoms with Gasteiger partial charge in [0.15, 0.2) is 0 Å². The van der Waals surface area contributed by atoms with Gasteiger partial charge in [-0.05, 0) is 23.1 Å². The predicted octanol–water partition coefficient (Wildman–Crippen LogP) is 4.68. The van der Waals surface area contributed by atoms with Crippen LogP contribution in [0.1, 0.15) is 30.9 Å². The number of para-hydroxylation sites is 1. The molecule has 0 spiro atoms. The second kappa shape index (κ2) is 7.89. The first-order valence-electron chi connectivity index (χ1n) is 7.17. The topological polar surface area (TPSA) is 29.1 Å². The van der Waals surface area contributed by atoms with Gasteiger partial charge in [0.25, 0.3) is 0 Å². The molecule has 110 valence electrons. The van der Waals surface area contributed by atoms with Crippen molar-refractivity contribution in [3.63, 3.8) is 0 Å². The number of benzene rings is 2. The summed E-state index contributed by atoms with van der Waals surface area (Å²) in [4.78, 5) is 12.0. The summed E-state index contributed by atoms with van der Waals surface area (Å²) in [7, 11) is 0. The molecule has 2 aromatic carbocycles. The Morgan fingerprint density at radius 2 is 1.71 bits per heavy atom. The number of thioether (sulfide) groups is 1. The van der Waals surface area contributed by atoms with E-state index in [2.05, 4.69) is 37.4 Å². The van der Waals surface area contributed by atoms with E-state index in [0.29, 0.717) is 11.7 Å². The second-order valence-corrected chi connectivity index (χ2v) is 6.25. The maximum atomic E-state index is 12.0. The van der Waals surface area contributed by atoms with E-state index in [1.807, 2.05) is 36.4 Å². The highest BCUT2D eigenvalue weighted by Crippen LogP contribution is 2.24. The smallest absolute Gasteiger partial charge is 0.234 e. The summed E-state index contributed by atoms with van der Waals surface area (Å²) in [6.45, 7) is 4.27. The Morgan fingerprint density at radius 3 is 2.43 bits per heavy atom. The molecule has 0 aliphatic heterocycles. The molecule has 0 radical (unpaired) electrons. The Labute approximate surface area is 131 Å². The molecule has 0 atom stereocenters. The van der Waals surface area contributed by atoms with Gasteiger partial charge in [0.2, 0.25) is 5.91 Å². The van der Waals surface area contributed by atoms with Gasteiger partial charge in [0.05, 0.1) is 5.75 Å². The second-order valence-electron chi connectivity index (χ2n) is 5.27. The molecule has 0 aromatic heterocycles. The van der Waals surface area contributed by atoms with Crippen molar-refractivity contribution in [2.24, 2.45) is 0 Å². The van der Waals surface area contributed by atoms with Crippen LogP contribution in [-0.4, -0.2) is 11.7 Å². The fraction of sp³-hybridized carbons (Fsp3) is 0.278. The molecule has 0 saturated heterocycles. The summed E-state index contributed by atoms with van der Waals surface area (Å²) < 4.78 is 0. The molecule has 0 unspecified atom stereocenters. The minimum Gasteiger partial charge on any atom is -0.325 e. The molecule has 0 saturated carbocycles. The number of amides is 1. The molecule has 3 heteroatoms. The van der Waals surface area contributed by atoms with E-state index in [4.69, 9.17) is 0 Å². The lowest BCUT2D eigenvalue weighted by Gasteiger charge is -2.13. The molecular formula is C18H21NOS.